The predicted molar refractivity (Wildman–Crippen MR) is 113 cm³/mol. The van der Waals surface area contributed by atoms with Gasteiger partial charge >= 0.3 is 0 Å². The summed E-state index contributed by atoms with van der Waals surface area (Å²) in [7, 11) is 0. The number of Topliss-reactive ketones (excluding diaryl/α,β-unsaturated/α-hetero) is 1. The topological polar surface area (TPSA) is 90.1 Å². The van der Waals surface area contributed by atoms with Gasteiger partial charge in [0.05, 0.1) is 22.2 Å². The summed E-state index contributed by atoms with van der Waals surface area (Å²) in [6.45, 7) is 1.92. The lowest BCUT2D eigenvalue weighted by Crippen LogP contribution is -2.35. The minimum Gasteiger partial charge on any atom is -0.343 e. The first-order valence-electron chi connectivity index (χ1n) is 9.93. The summed E-state index contributed by atoms with van der Waals surface area (Å²) >= 11 is 0. The number of aromatic nitrogens is 2. The van der Waals surface area contributed by atoms with E-state index in [-0.39, 0.29) is 23.3 Å². The molecular formula is C23H20N4O3. The molecule has 1 N–H and O–H groups in total. The molecule has 2 heterocycles. The fourth-order valence-electron chi connectivity index (χ4n) is 4.60. The van der Waals surface area contributed by atoms with Crippen molar-refractivity contribution in [1.29, 1.82) is 0 Å². The molecule has 30 heavy (non-hydrogen) atoms. The number of carbonyl (C=O) groups is 1. The maximum Gasteiger partial charge on any atom is 0.269 e. The van der Waals surface area contributed by atoms with Crippen LogP contribution in [0.5, 0.6) is 0 Å². The van der Waals surface area contributed by atoms with Crippen LogP contribution in [0.3, 0.4) is 0 Å². The van der Waals surface area contributed by atoms with Gasteiger partial charge in [-0.2, -0.15) is 5.10 Å². The summed E-state index contributed by atoms with van der Waals surface area (Å²) in [5, 5.41) is 19.6. The molecule has 2 atom stereocenters. The zero-order chi connectivity index (χ0) is 20.8. The number of hydrogen-bond acceptors (Lipinski definition) is 5. The smallest absolute Gasteiger partial charge is 0.269 e. The monoisotopic (exact) mass is 400 g/mol. The number of nitro groups is 1. The highest BCUT2D eigenvalue weighted by molar-refractivity contribution is 5.89. The van der Waals surface area contributed by atoms with E-state index in [9.17, 15) is 14.9 Å². The Kier molecular flexibility index (Phi) is 4.24. The molecule has 1 aromatic heterocycles. The Morgan fingerprint density at radius 3 is 2.70 bits per heavy atom. The number of hydrogen-bond donors (Lipinski definition) is 1. The number of rotatable bonds is 3. The number of carbonyl (C=O) groups excluding carboxylic acids is 1. The van der Waals surface area contributed by atoms with Crippen molar-refractivity contribution < 1.29 is 9.72 Å². The molecule has 150 valence electrons. The SMILES string of the molecule is Cc1nn(-c2ccccc2)c2c1[C@H](c1cccc([N+](=O)[O-])c1)[C@H]1C(=O)CCC=C1N2. The van der Waals surface area contributed by atoms with Gasteiger partial charge in [0.25, 0.3) is 5.69 Å². The molecule has 5 rings (SSSR count). The molecule has 2 aliphatic rings. The maximum atomic E-state index is 13.0. The number of nitrogens with zero attached hydrogens (tertiary/aromatic N) is 3. The summed E-state index contributed by atoms with van der Waals surface area (Å²) in [4.78, 5) is 24.0. The van der Waals surface area contributed by atoms with Crippen LogP contribution in [-0.2, 0) is 4.79 Å². The van der Waals surface area contributed by atoms with Crippen molar-refractivity contribution >= 4 is 17.3 Å². The van der Waals surface area contributed by atoms with Gasteiger partial charge in [0.2, 0.25) is 0 Å². The third-order valence-electron chi connectivity index (χ3n) is 5.89. The van der Waals surface area contributed by atoms with Gasteiger partial charge in [-0.25, -0.2) is 4.68 Å². The van der Waals surface area contributed by atoms with Gasteiger partial charge < -0.3 is 5.32 Å². The van der Waals surface area contributed by atoms with Crippen molar-refractivity contribution in [2.24, 2.45) is 5.92 Å². The van der Waals surface area contributed by atoms with E-state index in [1.165, 1.54) is 6.07 Å². The first-order valence-corrected chi connectivity index (χ1v) is 9.93. The number of nitrogens with one attached hydrogen (secondary N) is 1. The van der Waals surface area contributed by atoms with Crippen molar-refractivity contribution in [2.75, 3.05) is 5.32 Å². The Bertz CT molecular complexity index is 1200. The zero-order valence-corrected chi connectivity index (χ0v) is 16.4. The van der Waals surface area contributed by atoms with E-state index < -0.39 is 4.92 Å². The molecule has 3 aromatic rings. The van der Waals surface area contributed by atoms with Gasteiger partial charge in [-0.3, -0.25) is 14.9 Å². The largest absolute Gasteiger partial charge is 0.343 e. The van der Waals surface area contributed by atoms with E-state index in [1.807, 2.05) is 48.0 Å². The number of nitro benzene ring substituents is 1. The highest BCUT2D eigenvalue weighted by Gasteiger charge is 2.43. The molecule has 0 saturated heterocycles. The number of allylic oxidation sites excluding steroid dienone is 2. The van der Waals surface area contributed by atoms with Crippen LogP contribution in [0.15, 0.2) is 66.4 Å². The molecular weight excluding hydrogens is 380 g/mol. The number of benzene rings is 2. The van der Waals surface area contributed by atoms with E-state index >= 15 is 0 Å². The van der Waals surface area contributed by atoms with E-state index in [2.05, 4.69) is 11.4 Å². The summed E-state index contributed by atoms with van der Waals surface area (Å²) in [6.07, 6.45) is 3.23. The predicted octanol–water partition coefficient (Wildman–Crippen LogP) is 4.51. The molecule has 2 aromatic carbocycles. The molecule has 0 fully saturated rings. The second-order valence-electron chi connectivity index (χ2n) is 7.69. The summed E-state index contributed by atoms with van der Waals surface area (Å²) in [6, 6.07) is 16.4. The van der Waals surface area contributed by atoms with Crippen LogP contribution >= 0.6 is 0 Å². The molecule has 7 heteroatoms. The normalized spacial score (nSPS) is 20.0. The number of ketones is 1. The van der Waals surface area contributed by atoms with Crippen LogP contribution in [-0.4, -0.2) is 20.5 Å². The molecule has 1 aliphatic heterocycles. The highest BCUT2D eigenvalue weighted by atomic mass is 16.6. The molecule has 0 spiro atoms. The van der Waals surface area contributed by atoms with Crippen molar-refractivity contribution in [3.8, 4) is 5.69 Å². The number of para-hydroxylation sites is 1. The van der Waals surface area contributed by atoms with Crippen LogP contribution in [0, 0.1) is 23.0 Å². The van der Waals surface area contributed by atoms with Gasteiger partial charge in [0, 0.05) is 35.7 Å². The molecule has 7 nitrogen and oxygen atoms in total. The van der Waals surface area contributed by atoms with Gasteiger partial charge in [-0.1, -0.05) is 36.4 Å². The van der Waals surface area contributed by atoms with Gasteiger partial charge in [-0.15, -0.1) is 0 Å². The summed E-state index contributed by atoms with van der Waals surface area (Å²) in [5.74, 6) is 0.250. The van der Waals surface area contributed by atoms with Crippen LogP contribution < -0.4 is 5.32 Å². The quantitative estimate of drug-likeness (QED) is 0.516. The third kappa shape index (κ3) is 2.82. The second-order valence-corrected chi connectivity index (χ2v) is 7.69. The average Bonchev–Trinajstić information content (AvgIpc) is 3.09. The van der Waals surface area contributed by atoms with Crippen molar-refractivity contribution in [1.82, 2.24) is 9.78 Å². The Balaban J connectivity index is 1.75. The van der Waals surface area contributed by atoms with E-state index in [0.29, 0.717) is 12.8 Å². The van der Waals surface area contributed by atoms with Gasteiger partial charge in [0.15, 0.2) is 0 Å². The number of non-ortho nitro benzene ring substituents is 1. The van der Waals surface area contributed by atoms with E-state index in [1.54, 1.807) is 12.1 Å². The van der Waals surface area contributed by atoms with Gasteiger partial charge in [-0.05, 0) is 31.0 Å². The fourth-order valence-corrected chi connectivity index (χ4v) is 4.60. The average molecular weight is 400 g/mol. The zero-order valence-electron chi connectivity index (χ0n) is 16.4. The molecule has 1 aliphatic carbocycles. The fraction of sp³-hybridized carbons (Fsp3) is 0.217. The number of fused-ring (bicyclic) bond motifs is 2. The van der Waals surface area contributed by atoms with E-state index in [0.717, 1.165) is 34.0 Å². The lowest BCUT2D eigenvalue weighted by atomic mass is 9.71. The Hall–Kier alpha value is -3.74. The maximum absolute atomic E-state index is 13.0. The molecule has 0 amide bonds. The van der Waals surface area contributed by atoms with Crippen LogP contribution in [0.2, 0.25) is 0 Å². The standard InChI is InChI=1S/C23H20N4O3/c1-14-20-21(15-7-5-10-17(13-15)27(29)30)22-18(11-6-12-19(22)28)24-23(20)26(25-14)16-8-3-2-4-9-16/h2-5,7-11,13,21-22,24H,6,12H2,1H3/t21-,22+/m0/s1. The lowest BCUT2D eigenvalue weighted by Gasteiger charge is -2.36. The Morgan fingerprint density at radius 2 is 1.93 bits per heavy atom. The van der Waals surface area contributed by atoms with Gasteiger partial charge in [0.1, 0.15) is 11.6 Å². The highest BCUT2D eigenvalue weighted by Crippen LogP contribution is 2.48. The lowest BCUT2D eigenvalue weighted by molar-refractivity contribution is -0.384. The third-order valence-corrected chi connectivity index (χ3v) is 5.89. The first kappa shape index (κ1) is 18.3. The van der Waals surface area contributed by atoms with Crippen LogP contribution in [0.1, 0.15) is 35.6 Å². The number of aryl methyl sites for hydroxylation is 1. The summed E-state index contributed by atoms with van der Waals surface area (Å²) < 4.78 is 1.85. The minimum atomic E-state index is -0.398. The Labute approximate surface area is 173 Å². The van der Waals surface area contributed by atoms with Crippen molar-refractivity contribution in [2.45, 2.75) is 25.7 Å². The second kappa shape index (κ2) is 6.95. The van der Waals surface area contributed by atoms with Crippen LogP contribution in [0.4, 0.5) is 11.5 Å². The molecule has 0 unspecified atom stereocenters. The van der Waals surface area contributed by atoms with Crippen molar-refractivity contribution in [3.05, 3.63) is 93.3 Å². The molecule has 0 radical (unpaired) electrons. The summed E-state index contributed by atoms with van der Waals surface area (Å²) in [5.41, 5.74) is 4.26. The van der Waals surface area contributed by atoms with Crippen LogP contribution in [0.25, 0.3) is 5.69 Å². The van der Waals surface area contributed by atoms with E-state index in [4.69, 9.17) is 5.10 Å². The molecule has 0 saturated carbocycles. The molecule has 0 bridgehead atoms. The minimum absolute atomic E-state index is 0.0227. The Morgan fingerprint density at radius 1 is 1.13 bits per heavy atom. The first-order chi connectivity index (χ1) is 14.5. The van der Waals surface area contributed by atoms with Crippen molar-refractivity contribution in [3.63, 3.8) is 0 Å². The number of anilines is 1.